The van der Waals surface area contributed by atoms with Crippen LogP contribution in [0.1, 0.15) is 40.1 Å². The second kappa shape index (κ2) is 7.86. The van der Waals surface area contributed by atoms with Crippen molar-refractivity contribution in [3.05, 3.63) is 71.4 Å². The summed E-state index contributed by atoms with van der Waals surface area (Å²) in [7, 11) is 0. The number of Topliss-reactive ketones (excluding diaryl/α,β-unsaturated/α-hetero) is 1. The molecule has 138 valence electrons. The van der Waals surface area contributed by atoms with Crippen LogP contribution >= 0.6 is 0 Å². The van der Waals surface area contributed by atoms with Crippen molar-refractivity contribution in [1.82, 2.24) is 10.3 Å². The summed E-state index contributed by atoms with van der Waals surface area (Å²) in [6, 6.07) is 14.2. The molecule has 1 heterocycles. The Bertz CT molecular complexity index is 989. The summed E-state index contributed by atoms with van der Waals surface area (Å²) < 4.78 is 5.34. The van der Waals surface area contributed by atoms with Gasteiger partial charge in [0.1, 0.15) is 0 Å². The maximum Gasteiger partial charge on any atom is 0.338 e. The van der Waals surface area contributed by atoms with Crippen LogP contribution in [0.15, 0.2) is 54.7 Å². The summed E-state index contributed by atoms with van der Waals surface area (Å²) in [4.78, 5) is 39.0. The lowest BCUT2D eigenvalue weighted by Crippen LogP contribution is -2.24. The monoisotopic (exact) mass is 364 g/mol. The smallest absolute Gasteiger partial charge is 0.338 e. The Morgan fingerprint density at radius 3 is 2.48 bits per heavy atom. The fourth-order valence-electron chi connectivity index (χ4n) is 2.76. The third-order valence-electron chi connectivity index (χ3n) is 4.24. The average Bonchev–Trinajstić information content (AvgIpc) is 3.10. The van der Waals surface area contributed by atoms with Crippen LogP contribution in [0.4, 0.5) is 0 Å². The number of ketones is 1. The number of fused-ring (bicyclic) bond motifs is 1. The fraction of sp³-hybridized carbons (Fsp3) is 0.190. The van der Waals surface area contributed by atoms with Gasteiger partial charge in [-0.1, -0.05) is 30.3 Å². The number of rotatable bonds is 6. The molecule has 6 heteroatoms. The minimum absolute atomic E-state index is 0.122. The summed E-state index contributed by atoms with van der Waals surface area (Å²) in [5.41, 5.74) is 2.57. The van der Waals surface area contributed by atoms with Gasteiger partial charge in [-0.2, -0.15) is 0 Å². The van der Waals surface area contributed by atoms with Crippen LogP contribution < -0.4 is 5.32 Å². The molecule has 3 aromatic rings. The third kappa shape index (κ3) is 4.23. The van der Waals surface area contributed by atoms with Crippen LogP contribution in [-0.4, -0.2) is 28.7 Å². The second-order valence-electron chi connectivity index (χ2n) is 6.27. The summed E-state index contributed by atoms with van der Waals surface area (Å²) in [6.07, 6.45) is 0.726. The molecule has 1 atom stereocenters. The minimum Gasteiger partial charge on any atom is -0.451 e. The topological polar surface area (TPSA) is 88.3 Å². The van der Waals surface area contributed by atoms with Crippen molar-refractivity contribution in [3.8, 4) is 0 Å². The van der Waals surface area contributed by atoms with E-state index < -0.39 is 12.1 Å². The summed E-state index contributed by atoms with van der Waals surface area (Å²) in [5, 5.41) is 3.48. The Morgan fingerprint density at radius 1 is 1.07 bits per heavy atom. The summed E-state index contributed by atoms with van der Waals surface area (Å²) >= 11 is 0. The lowest BCUT2D eigenvalue weighted by atomic mass is 10.1. The molecule has 1 amide bonds. The maximum absolute atomic E-state index is 12.7. The molecule has 0 aliphatic heterocycles. The van der Waals surface area contributed by atoms with Gasteiger partial charge < -0.3 is 15.0 Å². The first-order valence-electron chi connectivity index (χ1n) is 8.60. The highest BCUT2D eigenvalue weighted by Gasteiger charge is 2.22. The largest absolute Gasteiger partial charge is 0.451 e. The zero-order valence-electron chi connectivity index (χ0n) is 15.1. The molecule has 0 radical (unpaired) electrons. The van der Waals surface area contributed by atoms with E-state index in [4.69, 9.17) is 4.74 Å². The fourth-order valence-corrected chi connectivity index (χ4v) is 2.76. The summed E-state index contributed by atoms with van der Waals surface area (Å²) in [6.45, 7) is 3.39. The van der Waals surface area contributed by atoms with Crippen molar-refractivity contribution in [3.63, 3.8) is 0 Å². The quantitative estimate of drug-likeness (QED) is 0.519. The molecule has 3 rings (SSSR count). The number of ether oxygens (including phenoxy) is 1. The van der Waals surface area contributed by atoms with Gasteiger partial charge in [0.25, 0.3) is 0 Å². The molecule has 0 bridgehead atoms. The highest BCUT2D eigenvalue weighted by Crippen LogP contribution is 2.20. The zero-order valence-corrected chi connectivity index (χ0v) is 15.1. The van der Waals surface area contributed by atoms with E-state index in [1.54, 1.807) is 37.4 Å². The number of aromatic amines is 1. The molecule has 0 saturated heterocycles. The number of benzene rings is 2. The second-order valence-corrected chi connectivity index (χ2v) is 6.27. The molecule has 0 saturated carbocycles. The molecular weight excluding hydrogens is 344 g/mol. The Kier molecular flexibility index (Phi) is 5.35. The van der Waals surface area contributed by atoms with Crippen molar-refractivity contribution in [2.45, 2.75) is 26.5 Å². The Labute approximate surface area is 156 Å². The van der Waals surface area contributed by atoms with Crippen molar-refractivity contribution < 1.29 is 19.1 Å². The SMILES string of the molecule is CC(=O)NCc1ccc(C(=O)OC(C)C(=O)c2c[nH]c3ccccc23)cc1. The van der Waals surface area contributed by atoms with Gasteiger partial charge in [-0.15, -0.1) is 0 Å². The Balaban J connectivity index is 1.66. The highest BCUT2D eigenvalue weighted by molar-refractivity contribution is 6.10. The minimum atomic E-state index is -0.907. The van der Waals surface area contributed by atoms with E-state index in [0.717, 1.165) is 16.5 Å². The maximum atomic E-state index is 12.7. The molecular formula is C21H20N2O4. The van der Waals surface area contributed by atoms with Gasteiger partial charge in [0, 0.05) is 36.1 Å². The Morgan fingerprint density at radius 2 is 1.78 bits per heavy atom. The molecule has 0 aliphatic carbocycles. The number of esters is 1. The van der Waals surface area contributed by atoms with Crippen LogP contribution in [0.3, 0.4) is 0 Å². The molecule has 0 spiro atoms. The summed E-state index contributed by atoms with van der Waals surface area (Å²) in [5.74, 6) is -0.951. The van der Waals surface area contributed by atoms with Crippen LogP contribution in [-0.2, 0) is 16.1 Å². The van der Waals surface area contributed by atoms with Crippen LogP contribution in [0, 0.1) is 0 Å². The molecule has 27 heavy (non-hydrogen) atoms. The van der Waals surface area contributed by atoms with Gasteiger partial charge in [-0.25, -0.2) is 4.79 Å². The Hall–Kier alpha value is -3.41. The van der Waals surface area contributed by atoms with Crippen molar-refractivity contribution in [2.24, 2.45) is 0 Å². The predicted octanol–water partition coefficient (Wildman–Crippen LogP) is 3.23. The van der Waals surface area contributed by atoms with Crippen molar-refractivity contribution >= 4 is 28.6 Å². The molecule has 1 aromatic heterocycles. The normalized spacial score (nSPS) is 11.8. The number of aromatic nitrogens is 1. The van der Waals surface area contributed by atoms with Gasteiger partial charge >= 0.3 is 5.97 Å². The van der Waals surface area contributed by atoms with E-state index in [9.17, 15) is 14.4 Å². The van der Waals surface area contributed by atoms with Crippen LogP contribution in [0.5, 0.6) is 0 Å². The standard InChI is InChI=1S/C21H20N2O4/c1-13(20(25)18-12-23-19-6-4-3-5-17(18)19)27-21(26)16-9-7-15(8-10-16)11-22-14(2)24/h3-10,12-13,23H,11H2,1-2H3,(H,22,24). The first-order chi connectivity index (χ1) is 13.0. The van der Waals surface area contributed by atoms with Gasteiger partial charge in [0.05, 0.1) is 5.56 Å². The zero-order chi connectivity index (χ0) is 19.4. The number of H-pyrrole nitrogens is 1. The lowest BCUT2D eigenvalue weighted by molar-refractivity contribution is -0.119. The van der Waals surface area contributed by atoms with Gasteiger partial charge in [0.2, 0.25) is 11.7 Å². The number of nitrogens with one attached hydrogen (secondary N) is 2. The number of hydrogen-bond donors (Lipinski definition) is 2. The van der Waals surface area contributed by atoms with E-state index in [-0.39, 0.29) is 11.7 Å². The first kappa shape index (κ1) is 18.4. The molecule has 0 aliphatic rings. The third-order valence-corrected chi connectivity index (χ3v) is 4.24. The van der Waals surface area contributed by atoms with Crippen LogP contribution in [0.2, 0.25) is 0 Å². The van der Waals surface area contributed by atoms with E-state index in [2.05, 4.69) is 10.3 Å². The molecule has 2 N–H and O–H groups in total. The molecule has 0 fully saturated rings. The van der Waals surface area contributed by atoms with Crippen molar-refractivity contribution in [1.29, 1.82) is 0 Å². The number of amides is 1. The van der Waals surface area contributed by atoms with Gasteiger partial charge in [0.15, 0.2) is 6.10 Å². The van der Waals surface area contributed by atoms with Gasteiger partial charge in [-0.3, -0.25) is 9.59 Å². The van der Waals surface area contributed by atoms with Crippen LogP contribution in [0.25, 0.3) is 10.9 Å². The predicted molar refractivity (Wildman–Crippen MR) is 101 cm³/mol. The lowest BCUT2D eigenvalue weighted by Gasteiger charge is -2.12. The number of hydrogen-bond acceptors (Lipinski definition) is 4. The van der Waals surface area contributed by atoms with Gasteiger partial charge in [-0.05, 0) is 30.7 Å². The number of carbonyl (C=O) groups excluding carboxylic acids is 3. The average molecular weight is 364 g/mol. The van der Waals surface area contributed by atoms with E-state index in [1.165, 1.54) is 6.92 Å². The first-order valence-corrected chi connectivity index (χ1v) is 8.60. The van der Waals surface area contributed by atoms with Crippen molar-refractivity contribution in [2.75, 3.05) is 0 Å². The van der Waals surface area contributed by atoms with E-state index in [1.807, 2.05) is 24.3 Å². The number of carbonyl (C=O) groups is 3. The molecule has 6 nitrogen and oxygen atoms in total. The van der Waals surface area contributed by atoms with E-state index >= 15 is 0 Å². The number of para-hydroxylation sites is 1. The van der Waals surface area contributed by atoms with E-state index in [0.29, 0.717) is 17.7 Å². The molecule has 1 unspecified atom stereocenters. The highest BCUT2D eigenvalue weighted by atomic mass is 16.5. The molecule has 2 aromatic carbocycles.